The summed E-state index contributed by atoms with van der Waals surface area (Å²) < 4.78 is 4.73. The minimum Gasteiger partial charge on any atom is -0.468 e. The Labute approximate surface area is 125 Å². The minimum absolute atomic E-state index is 0.0783. The van der Waals surface area contributed by atoms with E-state index >= 15 is 0 Å². The topological polar surface area (TPSA) is 46.6 Å². The van der Waals surface area contributed by atoms with Crippen LogP contribution < -0.4 is 0 Å². The SMILES string of the molecule is COC(=O)CN1C(=O)CSC12CCC(C(C)(C)C)CC2. The lowest BCUT2D eigenvalue weighted by atomic mass is 9.71. The molecule has 2 aliphatic rings. The molecule has 5 heteroatoms. The summed E-state index contributed by atoms with van der Waals surface area (Å²) in [4.78, 5) is 25.2. The molecule has 0 aromatic heterocycles. The minimum atomic E-state index is -0.321. The Hall–Kier alpha value is -0.710. The van der Waals surface area contributed by atoms with E-state index in [-0.39, 0.29) is 23.3 Å². The fourth-order valence-corrected chi connectivity index (χ4v) is 4.75. The second kappa shape index (κ2) is 5.58. The maximum Gasteiger partial charge on any atom is 0.325 e. The molecular formula is C15H25NO3S. The molecule has 0 aromatic rings. The molecule has 1 saturated carbocycles. The van der Waals surface area contributed by atoms with Crippen LogP contribution in [0.1, 0.15) is 46.5 Å². The lowest BCUT2D eigenvalue weighted by Gasteiger charge is -2.45. The summed E-state index contributed by atoms with van der Waals surface area (Å²) in [7, 11) is 1.37. The highest BCUT2D eigenvalue weighted by atomic mass is 32.2. The van der Waals surface area contributed by atoms with E-state index in [4.69, 9.17) is 4.74 Å². The highest BCUT2D eigenvalue weighted by molar-refractivity contribution is 8.01. The van der Waals surface area contributed by atoms with E-state index in [2.05, 4.69) is 20.8 Å². The molecule has 1 heterocycles. The standard InChI is InChI=1S/C15H25NO3S/c1-14(2,3)11-5-7-15(8-6-11)16(9-13(18)19-4)12(17)10-20-15/h11H,5-10H2,1-4H3. The van der Waals surface area contributed by atoms with Crippen LogP contribution in [-0.2, 0) is 14.3 Å². The van der Waals surface area contributed by atoms with Gasteiger partial charge in [-0.25, -0.2) is 0 Å². The number of methoxy groups -OCH3 is 1. The van der Waals surface area contributed by atoms with E-state index in [9.17, 15) is 9.59 Å². The average Bonchev–Trinajstić information content (AvgIpc) is 2.67. The van der Waals surface area contributed by atoms with Gasteiger partial charge in [-0.05, 0) is 37.0 Å². The van der Waals surface area contributed by atoms with Crippen LogP contribution in [0.2, 0.25) is 0 Å². The van der Waals surface area contributed by atoms with Gasteiger partial charge >= 0.3 is 5.97 Å². The normalized spacial score (nSPS) is 30.9. The molecule has 0 aromatic carbocycles. The van der Waals surface area contributed by atoms with Gasteiger partial charge in [-0.15, -0.1) is 11.8 Å². The molecule has 114 valence electrons. The van der Waals surface area contributed by atoms with Gasteiger partial charge in [0, 0.05) is 0 Å². The number of carbonyl (C=O) groups excluding carboxylic acids is 2. The Balaban J connectivity index is 2.07. The number of nitrogens with zero attached hydrogens (tertiary/aromatic N) is 1. The van der Waals surface area contributed by atoms with Gasteiger partial charge in [0.1, 0.15) is 6.54 Å². The second-order valence-corrected chi connectivity index (χ2v) is 8.27. The Morgan fingerprint density at radius 1 is 1.40 bits per heavy atom. The van der Waals surface area contributed by atoms with Crippen molar-refractivity contribution >= 4 is 23.6 Å². The lowest BCUT2D eigenvalue weighted by molar-refractivity contribution is -0.148. The summed E-state index contributed by atoms with van der Waals surface area (Å²) in [6.45, 7) is 6.96. The van der Waals surface area contributed by atoms with Crippen molar-refractivity contribution in [3.05, 3.63) is 0 Å². The van der Waals surface area contributed by atoms with Gasteiger partial charge in [0.15, 0.2) is 0 Å². The molecule has 0 unspecified atom stereocenters. The molecule has 0 bridgehead atoms. The molecule has 0 atom stereocenters. The zero-order chi connectivity index (χ0) is 15.0. The Morgan fingerprint density at radius 2 is 2.00 bits per heavy atom. The first-order valence-electron chi connectivity index (χ1n) is 7.30. The van der Waals surface area contributed by atoms with Gasteiger partial charge in [0.2, 0.25) is 5.91 Å². The number of amides is 1. The van der Waals surface area contributed by atoms with Crippen molar-refractivity contribution in [2.24, 2.45) is 11.3 Å². The van der Waals surface area contributed by atoms with Crippen LogP contribution >= 0.6 is 11.8 Å². The van der Waals surface area contributed by atoms with Gasteiger partial charge in [0.05, 0.1) is 17.7 Å². The first-order chi connectivity index (χ1) is 9.28. The van der Waals surface area contributed by atoms with Crippen LogP contribution in [0.5, 0.6) is 0 Å². The number of rotatable bonds is 2. The van der Waals surface area contributed by atoms with Crippen molar-refractivity contribution in [3.63, 3.8) is 0 Å². The van der Waals surface area contributed by atoms with Gasteiger partial charge in [-0.1, -0.05) is 20.8 Å². The Bertz CT molecular complexity index is 394. The molecule has 0 N–H and O–H groups in total. The molecule has 4 nitrogen and oxygen atoms in total. The largest absolute Gasteiger partial charge is 0.468 e. The number of thioether (sulfide) groups is 1. The third-order valence-electron chi connectivity index (χ3n) is 4.76. The molecule has 1 aliphatic heterocycles. The first kappa shape index (κ1) is 15.7. The third kappa shape index (κ3) is 2.97. The molecule has 1 saturated heterocycles. The summed E-state index contributed by atoms with van der Waals surface area (Å²) in [5, 5.41) is 0. The number of hydrogen-bond donors (Lipinski definition) is 0. The van der Waals surface area contributed by atoms with Crippen molar-refractivity contribution in [3.8, 4) is 0 Å². The Morgan fingerprint density at radius 3 is 2.50 bits per heavy atom. The van der Waals surface area contributed by atoms with Gasteiger partial charge < -0.3 is 9.64 Å². The average molecular weight is 299 g/mol. The van der Waals surface area contributed by atoms with E-state index in [1.807, 2.05) is 0 Å². The van der Waals surface area contributed by atoms with Crippen LogP contribution in [0.3, 0.4) is 0 Å². The molecule has 2 rings (SSSR count). The van der Waals surface area contributed by atoms with Crippen molar-refractivity contribution in [1.82, 2.24) is 4.90 Å². The quantitative estimate of drug-likeness (QED) is 0.736. The van der Waals surface area contributed by atoms with E-state index in [1.165, 1.54) is 7.11 Å². The zero-order valence-electron chi connectivity index (χ0n) is 12.9. The molecule has 20 heavy (non-hydrogen) atoms. The van der Waals surface area contributed by atoms with Crippen LogP contribution in [0.15, 0.2) is 0 Å². The fraction of sp³-hybridized carbons (Fsp3) is 0.867. The molecule has 2 fully saturated rings. The van der Waals surface area contributed by atoms with Crippen molar-refractivity contribution in [2.75, 3.05) is 19.4 Å². The molecular weight excluding hydrogens is 274 g/mol. The number of ether oxygens (including phenoxy) is 1. The van der Waals surface area contributed by atoms with Crippen molar-refractivity contribution in [1.29, 1.82) is 0 Å². The van der Waals surface area contributed by atoms with Crippen molar-refractivity contribution in [2.45, 2.75) is 51.3 Å². The molecule has 1 amide bonds. The Kier molecular flexibility index (Phi) is 4.38. The van der Waals surface area contributed by atoms with Crippen molar-refractivity contribution < 1.29 is 14.3 Å². The summed E-state index contributed by atoms with van der Waals surface area (Å²) in [5.74, 6) is 0.953. The second-order valence-electron chi connectivity index (χ2n) is 6.93. The maximum atomic E-state index is 12.1. The monoisotopic (exact) mass is 299 g/mol. The summed E-state index contributed by atoms with van der Waals surface area (Å²) >= 11 is 1.72. The summed E-state index contributed by atoms with van der Waals surface area (Å²) in [6.07, 6.45) is 4.23. The maximum absolute atomic E-state index is 12.1. The van der Waals surface area contributed by atoms with Crippen LogP contribution in [0.25, 0.3) is 0 Å². The molecule has 1 spiro atoms. The van der Waals surface area contributed by atoms with Crippen LogP contribution in [-0.4, -0.2) is 41.1 Å². The zero-order valence-corrected chi connectivity index (χ0v) is 13.7. The van der Waals surface area contributed by atoms with E-state index in [1.54, 1.807) is 16.7 Å². The highest BCUT2D eigenvalue weighted by Gasteiger charge is 2.49. The van der Waals surface area contributed by atoms with Gasteiger partial charge in [0.25, 0.3) is 0 Å². The smallest absolute Gasteiger partial charge is 0.325 e. The molecule has 1 aliphatic carbocycles. The fourth-order valence-electron chi connectivity index (χ4n) is 3.35. The predicted molar refractivity (Wildman–Crippen MR) is 80.3 cm³/mol. The number of hydrogen-bond acceptors (Lipinski definition) is 4. The van der Waals surface area contributed by atoms with Crippen LogP contribution in [0.4, 0.5) is 0 Å². The van der Waals surface area contributed by atoms with Crippen LogP contribution in [0, 0.1) is 11.3 Å². The number of esters is 1. The summed E-state index contributed by atoms with van der Waals surface area (Å²) in [6, 6.07) is 0. The number of carbonyl (C=O) groups is 2. The lowest BCUT2D eigenvalue weighted by Crippen LogP contribution is -2.49. The van der Waals surface area contributed by atoms with E-state index < -0.39 is 0 Å². The summed E-state index contributed by atoms with van der Waals surface area (Å²) in [5.41, 5.74) is 0.321. The van der Waals surface area contributed by atoms with Gasteiger partial charge in [-0.2, -0.15) is 0 Å². The van der Waals surface area contributed by atoms with E-state index in [0.29, 0.717) is 17.1 Å². The first-order valence-corrected chi connectivity index (χ1v) is 8.28. The highest BCUT2D eigenvalue weighted by Crippen LogP contribution is 2.51. The third-order valence-corrected chi connectivity index (χ3v) is 6.32. The van der Waals surface area contributed by atoms with E-state index in [0.717, 1.165) is 25.7 Å². The predicted octanol–water partition coefficient (Wildman–Crippen LogP) is 2.67. The molecule has 0 radical (unpaired) electrons. The van der Waals surface area contributed by atoms with Gasteiger partial charge in [-0.3, -0.25) is 9.59 Å².